The van der Waals surface area contributed by atoms with Gasteiger partial charge in [-0.05, 0) is 45.6 Å². The SMILES string of the molecule is C=C(C)C(C)CC(CCC)C(C)NC. The minimum atomic E-state index is 0.622. The largest absolute Gasteiger partial charge is 0.317 e. The lowest BCUT2D eigenvalue weighted by Crippen LogP contribution is -2.31. The summed E-state index contributed by atoms with van der Waals surface area (Å²) in [6.07, 6.45) is 3.87. The van der Waals surface area contributed by atoms with Gasteiger partial charge in [-0.3, -0.25) is 0 Å². The van der Waals surface area contributed by atoms with Gasteiger partial charge in [0.1, 0.15) is 0 Å². The van der Waals surface area contributed by atoms with Crippen molar-refractivity contribution in [3.63, 3.8) is 0 Å². The molecule has 0 aromatic carbocycles. The summed E-state index contributed by atoms with van der Waals surface area (Å²) in [7, 11) is 2.05. The van der Waals surface area contributed by atoms with Crippen LogP contribution in [0.4, 0.5) is 0 Å². The van der Waals surface area contributed by atoms with Crippen molar-refractivity contribution in [2.45, 2.75) is 53.0 Å². The van der Waals surface area contributed by atoms with Gasteiger partial charge in [-0.1, -0.05) is 32.4 Å². The van der Waals surface area contributed by atoms with E-state index in [1.54, 1.807) is 0 Å². The van der Waals surface area contributed by atoms with Crippen LogP contribution in [-0.4, -0.2) is 13.1 Å². The van der Waals surface area contributed by atoms with Gasteiger partial charge in [-0.2, -0.15) is 0 Å². The number of rotatable bonds is 7. The standard InChI is InChI=1S/C13H27N/c1-7-8-13(12(5)14-6)9-11(4)10(2)3/h11-14H,2,7-9H2,1,3-6H3. The molecule has 0 radical (unpaired) electrons. The van der Waals surface area contributed by atoms with Gasteiger partial charge in [0.2, 0.25) is 0 Å². The molecule has 0 aromatic rings. The predicted molar refractivity (Wildman–Crippen MR) is 65.5 cm³/mol. The highest BCUT2D eigenvalue weighted by Gasteiger charge is 2.17. The van der Waals surface area contributed by atoms with E-state index in [0.717, 1.165) is 5.92 Å². The smallest absolute Gasteiger partial charge is 0.00642 e. The maximum absolute atomic E-state index is 4.03. The summed E-state index contributed by atoms with van der Waals surface area (Å²) < 4.78 is 0. The Morgan fingerprint density at radius 2 is 1.93 bits per heavy atom. The minimum absolute atomic E-state index is 0.622. The maximum atomic E-state index is 4.03. The first-order valence-corrected chi connectivity index (χ1v) is 5.85. The highest BCUT2D eigenvalue weighted by Crippen LogP contribution is 2.24. The monoisotopic (exact) mass is 197 g/mol. The molecular formula is C13H27N. The molecule has 0 saturated carbocycles. The van der Waals surface area contributed by atoms with Crippen LogP contribution in [0.15, 0.2) is 12.2 Å². The summed E-state index contributed by atoms with van der Waals surface area (Å²) in [5.74, 6) is 1.44. The van der Waals surface area contributed by atoms with E-state index in [2.05, 4.69) is 46.6 Å². The van der Waals surface area contributed by atoms with Crippen molar-refractivity contribution in [2.24, 2.45) is 11.8 Å². The van der Waals surface area contributed by atoms with Gasteiger partial charge in [-0.25, -0.2) is 0 Å². The Morgan fingerprint density at radius 3 is 2.29 bits per heavy atom. The van der Waals surface area contributed by atoms with Gasteiger partial charge in [0.05, 0.1) is 0 Å². The first-order chi connectivity index (χ1) is 6.52. The molecule has 1 N–H and O–H groups in total. The van der Waals surface area contributed by atoms with Gasteiger partial charge in [0, 0.05) is 6.04 Å². The van der Waals surface area contributed by atoms with Crippen molar-refractivity contribution >= 4 is 0 Å². The molecule has 3 unspecified atom stereocenters. The summed E-state index contributed by atoms with van der Waals surface area (Å²) in [6.45, 7) is 13.0. The summed E-state index contributed by atoms with van der Waals surface area (Å²) in [5, 5.41) is 3.36. The van der Waals surface area contributed by atoms with E-state index in [1.807, 2.05) is 0 Å². The molecule has 0 aliphatic carbocycles. The van der Waals surface area contributed by atoms with Crippen LogP contribution in [0.25, 0.3) is 0 Å². The second-order valence-electron chi connectivity index (χ2n) is 4.61. The zero-order valence-electron chi connectivity index (χ0n) is 10.6. The number of allylic oxidation sites excluding steroid dienone is 1. The molecule has 0 rings (SSSR count). The van der Waals surface area contributed by atoms with Gasteiger partial charge < -0.3 is 5.32 Å². The fourth-order valence-corrected chi connectivity index (χ4v) is 1.83. The first-order valence-electron chi connectivity index (χ1n) is 5.85. The Labute approximate surface area is 90.0 Å². The van der Waals surface area contributed by atoms with Gasteiger partial charge in [0.15, 0.2) is 0 Å². The molecule has 1 nitrogen and oxygen atoms in total. The third-order valence-corrected chi connectivity index (χ3v) is 3.32. The second-order valence-corrected chi connectivity index (χ2v) is 4.61. The predicted octanol–water partition coefficient (Wildman–Crippen LogP) is 3.61. The molecular weight excluding hydrogens is 170 g/mol. The lowest BCUT2D eigenvalue weighted by molar-refractivity contribution is 0.315. The van der Waals surface area contributed by atoms with E-state index in [-0.39, 0.29) is 0 Å². The van der Waals surface area contributed by atoms with Gasteiger partial charge in [0.25, 0.3) is 0 Å². The molecule has 0 bridgehead atoms. The Hall–Kier alpha value is -0.300. The highest BCUT2D eigenvalue weighted by atomic mass is 14.9. The van der Waals surface area contributed by atoms with Crippen LogP contribution in [0, 0.1) is 11.8 Å². The molecule has 0 aliphatic heterocycles. The summed E-state index contributed by atoms with van der Waals surface area (Å²) >= 11 is 0. The van der Waals surface area contributed by atoms with Crippen molar-refractivity contribution in [1.29, 1.82) is 0 Å². The van der Waals surface area contributed by atoms with Crippen molar-refractivity contribution in [3.8, 4) is 0 Å². The van der Waals surface area contributed by atoms with Crippen LogP contribution in [0.2, 0.25) is 0 Å². The van der Waals surface area contributed by atoms with Gasteiger partial charge in [-0.15, -0.1) is 0 Å². The molecule has 1 heteroatoms. The fraction of sp³-hybridized carbons (Fsp3) is 0.846. The molecule has 84 valence electrons. The Balaban J connectivity index is 4.14. The van der Waals surface area contributed by atoms with E-state index in [4.69, 9.17) is 0 Å². The van der Waals surface area contributed by atoms with Crippen molar-refractivity contribution < 1.29 is 0 Å². The molecule has 0 aromatic heterocycles. The van der Waals surface area contributed by atoms with E-state index >= 15 is 0 Å². The average Bonchev–Trinajstić information content (AvgIpc) is 2.15. The van der Waals surface area contributed by atoms with E-state index < -0.39 is 0 Å². The summed E-state index contributed by atoms with van der Waals surface area (Å²) in [4.78, 5) is 0. The Morgan fingerprint density at radius 1 is 1.36 bits per heavy atom. The Kier molecular flexibility index (Phi) is 6.90. The van der Waals surface area contributed by atoms with Gasteiger partial charge >= 0.3 is 0 Å². The molecule has 0 heterocycles. The normalized spacial score (nSPS) is 17.5. The quantitative estimate of drug-likeness (QED) is 0.615. The second kappa shape index (κ2) is 7.05. The van der Waals surface area contributed by atoms with Crippen LogP contribution in [0.5, 0.6) is 0 Å². The topological polar surface area (TPSA) is 12.0 Å². The number of hydrogen-bond acceptors (Lipinski definition) is 1. The molecule has 0 saturated heterocycles. The van der Waals surface area contributed by atoms with Crippen molar-refractivity contribution in [3.05, 3.63) is 12.2 Å². The molecule has 0 amide bonds. The number of hydrogen-bond donors (Lipinski definition) is 1. The number of nitrogens with one attached hydrogen (secondary N) is 1. The average molecular weight is 197 g/mol. The molecule has 0 spiro atoms. The third kappa shape index (κ3) is 4.80. The van der Waals surface area contributed by atoms with Crippen LogP contribution >= 0.6 is 0 Å². The van der Waals surface area contributed by atoms with Crippen molar-refractivity contribution in [1.82, 2.24) is 5.32 Å². The van der Waals surface area contributed by atoms with Crippen LogP contribution < -0.4 is 5.32 Å². The van der Waals surface area contributed by atoms with Crippen LogP contribution in [0.3, 0.4) is 0 Å². The molecule has 14 heavy (non-hydrogen) atoms. The molecule has 3 atom stereocenters. The van der Waals surface area contributed by atoms with E-state index in [9.17, 15) is 0 Å². The van der Waals surface area contributed by atoms with E-state index in [0.29, 0.717) is 12.0 Å². The maximum Gasteiger partial charge on any atom is 0.00642 e. The first kappa shape index (κ1) is 13.7. The fourth-order valence-electron chi connectivity index (χ4n) is 1.83. The lowest BCUT2D eigenvalue weighted by Gasteiger charge is -2.26. The highest BCUT2D eigenvalue weighted by molar-refractivity contribution is 4.95. The zero-order valence-corrected chi connectivity index (χ0v) is 10.6. The van der Waals surface area contributed by atoms with E-state index in [1.165, 1.54) is 24.8 Å². The summed E-state index contributed by atoms with van der Waals surface area (Å²) in [6, 6.07) is 0.622. The Bertz CT molecular complexity index is 163. The lowest BCUT2D eigenvalue weighted by atomic mass is 9.85. The van der Waals surface area contributed by atoms with Crippen molar-refractivity contribution in [2.75, 3.05) is 7.05 Å². The van der Waals surface area contributed by atoms with Crippen LogP contribution in [0.1, 0.15) is 47.0 Å². The third-order valence-electron chi connectivity index (χ3n) is 3.32. The molecule has 0 aliphatic rings. The minimum Gasteiger partial charge on any atom is -0.317 e. The molecule has 0 fully saturated rings. The summed E-state index contributed by atoms with van der Waals surface area (Å²) in [5.41, 5.74) is 1.31. The zero-order chi connectivity index (χ0) is 11.1. The van der Waals surface area contributed by atoms with Crippen LogP contribution in [-0.2, 0) is 0 Å².